The molecule has 0 saturated heterocycles. The number of rotatable bonds is 17. The second kappa shape index (κ2) is 20.1. The Morgan fingerprint density at radius 2 is 1.68 bits per heavy atom. The van der Waals surface area contributed by atoms with Crippen LogP contribution in [0, 0.1) is 0 Å². The molecule has 0 bridgehead atoms. The molecule has 5 nitrogen and oxygen atoms in total. The van der Waals surface area contributed by atoms with Crippen molar-refractivity contribution in [1.29, 1.82) is 0 Å². The smallest absolute Gasteiger partial charge is 0.219 e. The molecule has 0 unspecified atom stereocenters. The third-order valence-electron chi connectivity index (χ3n) is 4.13. The minimum absolute atomic E-state index is 0.00373. The molecule has 5 N–H and O–H groups in total. The molecule has 0 rings (SSSR count). The number of unbranched alkanes of at least 4 members (excludes halogenated alkanes) is 3. The molecule has 0 aliphatic rings. The first-order valence-electron chi connectivity index (χ1n) is 10.6. The van der Waals surface area contributed by atoms with Gasteiger partial charge < -0.3 is 21.3 Å². The van der Waals surface area contributed by atoms with Crippen molar-refractivity contribution in [3.05, 3.63) is 48.6 Å². The molecule has 160 valence electrons. The Labute approximate surface area is 171 Å². The van der Waals surface area contributed by atoms with E-state index in [9.17, 15) is 15.0 Å². The molecule has 0 saturated carbocycles. The Morgan fingerprint density at radius 3 is 2.36 bits per heavy atom. The van der Waals surface area contributed by atoms with E-state index >= 15 is 0 Å². The lowest BCUT2D eigenvalue weighted by Crippen LogP contribution is -2.25. The first kappa shape index (κ1) is 26.3. The number of nitrogens with one attached hydrogen (secondary N) is 1. The van der Waals surface area contributed by atoms with Crippen molar-refractivity contribution < 1.29 is 15.0 Å². The highest BCUT2D eigenvalue weighted by atomic mass is 16.3. The third-order valence-corrected chi connectivity index (χ3v) is 4.13. The standard InChI is InChI=1S/C23H40N2O3/c1-2-3-4-5-6-9-14-21(26)15-10-7-8-11-16-22(27)17-12-18-23(28)25-20-13-19-24/h6-11,15-16,21-22,26-27H,2-5,12-14,17-20,24H2,1H3,(H,25,28)/t21-,22-/m1/s1. The summed E-state index contributed by atoms with van der Waals surface area (Å²) in [5, 5.41) is 22.5. The number of allylic oxidation sites excluding steroid dienone is 5. The summed E-state index contributed by atoms with van der Waals surface area (Å²) in [6, 6.07) is 0. The normalized spacial score (nSPS) is 14.6. The van der Waals surface area contributed by atoms with Gasteiger partial charge in [-0.25, -0.2) is 0 Å². The molecule has 28 heavy (non-hydrogen) atoms. The first-order valence-corrected chi connectivity index (χ1v) is 10.6. The molecule has 1 amide bonds. The quantitative estimate of drug-likeness (QED) is 0.173. The molecule has 0 radical (unpaired) electrons. The van der Waals surface area contributed by atoms with E-state index in [2.05, 4.69) is 18.3 Å². The van der Waals surface area contributed by atoms with Gasteiger partial charge in [0.05, 0.1) is 12.2 Å². The molecule has 0 aliphatic carbocycles. The summed E-state index contributed by atoms with van der Waals surface area (Å²) in [7, 11) is 0. The van der Waals surface area contributed by atoms with E-state index in [0.717, 1.165) is 12.8 Å². The van der Waals surface area contributed by atoms with Gasteiger partial charge in [0.15, 0.2) is 0 Å². The molecule has 0 aliphatic heterocycles. The van der Waals surface area contributed by atoms with Gasteiger partial charge in [-0.15, -0.1) is 0 Å². The van der Waals surface area contributed by atoms with Crippen LogP contribution in [-0.4, -0.2) is 41.4 Å². The lowest BCUT2D eigenvalue weighted by molar-refractivity contribution is -0.121. The summed E-state index contributed by atoms with van der Waals surface area (Å²) in [6.07, 6.45) is 21.6. The summed E-state index contributed by atoms with van der Waals surface area (Å²) in [6.45, 7) is 3.37. The number of aliphatic hydroxyl groups is 2. The van der Waals surface area contributed by atoms with Crippen LogP contribution in [0.5, 0.6) is 0 Å². The monoisotopic (exact) mass is 392 g/mol. The van der Waals surface area contributed by atoms with Crippen molar-refractivity contribution >= 4 is 5.91 Å². The highest BCUT2D eigenvalue weighted by Crippen LogP contribution is 2.03. The Bertz CT molecular complexity index is 484. The van der Waals surface area contributed by atoms with Gasteiger partial charge in [0, 0.05) is 13.0 Å². The van der Waals surface area contributed by atoms with Crippen molar-refractivity contribution in [2.75, 3.05) is 13.1 Å². The highest BCUT2D eigenvalue weighted by Gasteiger charge is 2.03. The van der Waals surface area contributed by atoms with Gasteiger partial charge in [-0.05, 0) is 45.1 Å². The predicted molar refractivity (Wildman–Crippen MR) is 118 cm³/mol. The maximum absolute atomic E-state index is 11.5. The Hall–Kier alpha value is -1.69. The van der Waals surface area contributed by atoms with Crippen molar-refractivity contribution in [3.63, 3.8) is 0 Å². The maximum Gasteiger partial charge on any atom is 0.219 e. The fourth-order valence-electron chi connectivity index (χ4n) is 2.44. The zero-order chi connectivity index (χ0) is 20.9. The average Bonchev–Trinajstić information content (AvgIpc) is 2.67. The molecule has 0 fully saturated rings. The number of hydrogen-bond donors (Lipinski definition) is 4. The fraction of sp³-hybridized carbons (Fsp3) is 0.609. The van der Waals surface area contributed by atoms with E-state index in [4.69, 9.17) is 5.73 Å². The van der Waals surface area contributed by atoms with Crippen LogP contribution in [-0.2, 0) is 4.79 Å². The minimum atomic E-state index is -0.561. The largest absolute Gasteiger partial charge is 0.389 e. The van der Waals surface area contributed by atoms with E-state index in [1.54, 1.807) is 24.3 Å². The Morgan fingerprint density at radius 1 is 0.964 bits per heavy atom. The van der Waals surface area contributed by atoms with Gasteiger partial charge in [-0.2, -0.15) is 0 Å². The summed E-state index contributed by atoms with van der Waals surface area (Å²) in [5.41, 5.74) is 5.37. The summed E-state index contributed by atoms with van der Waals surface area (Å²) in [5.74, 6) is 0.00373. The van der Waals surface area contributed by atoms with E-state index < -0.39 is 12.2 Å². The van der Waals surface area contributed by atoms with E-state index in [1.165, 1.54) is 19.3 Å². The van der Waals surface area contributed by atoms with Gasteiger partial charge in [0.25, 0.3) is 0 Å². The molecular weight excluding hydrogens is 352 g/mol. The van der Waals surface area contributed by atoms with Crippen molar-refractivity contribution in [1.82, 2.24) is 5.32 Å². The molecular formula is C23H40N2O3. The highest BCUT2D eigenvalue weighted by molar-refractivity contribution is 5.75. The molecule has 2 atom stereocenters. The summed E-state index contributed by atoms with van der Waals surface area (Å²) >= 11 is 0. The van der Waals surface area contributed by atoms with Crippen LogP contribution < -0.4 is 11.1 Å². The molecule has 0 aromatic heterocycles. The lowest BCUT2D eigenvalue weighted by atomic mass is 10.1. The van der Waals surface area contributed by atoms with Gasteiger partial charge in [-0.3, -0.25) is 4.79 Å². The van der Waals surface area contributed by atoms with Crippen LogP contribution >= 0.6 is 0 Å². The number of amides is 1. The van der Waals surface area contributed by atoms with Crippen LogP contribution in [0.15, 0.2) is 48.6 Å². The van der Waals surface area contributed by atoms with Crippen LogP contribution in [0.4, 0.5) is 0 Å². The lowest BCUT2D eigenvalue weighted by Gasteiger charge is -2.06. The molecule has 0 aromatic carbocycles. The minimum Gasteiger partial charge on any atom is -0.389 e. The SMILES string of the molecule is CCCCCC=CC[C@@H](O)C=CC=CC=C[C@@H](O)CCCC(=O)NCCCN. The van der Waals surface area contributed by atoms with Crippen molar-refractivity contribution in [2.45, 2.75) is 76.9 Å². The van der Waals surface area contributed by atoms with Gasteiger partial charge in [-0.1, -0.05) is 68.4 Å². The zero-order valence-electron chi connectivity index (χ0n) is 17.4. The van der Waals surface area contributed by atoms with Crippen LogP contribution in [0.1, 0.15) is 64.7 Å². The van der Waals surface area contributed by atoms with Gasteiger partial charge in [0.1, 0.15) is 0 Å². The van der Waals surface area contributed by atoms with Crippen LogP contribution in [0.2, 0.25) is 0 Å². The second-order valence-electron chi connectivity index (χ2n) is 6.88. The number of carbonyl (C=O) groups is 1. The van der Waals surface area contributed by atoms with Gasteiger partial charge in [0.2, 0.25) is 5.91 Å². The van der Waals surface area contributed by atoms with Crippen molar-refractivity contribution in [2.24, 2.45) is 5.73 Å². The van der Waals surface area contributed by atoms with E-state index in [0.29, 0.717) is 38.8 Å². The number of hydrogen-bond acceptors (Lipinski definition) is 4. The maximum atomic E-state index is 11.5. The summed E-state index contributed by atoms with van der Waals surface area (Å²) < 4.78 is 0. The van der Waals surface area contributed by atoms with Gasteiger partial charge >= 0.3 is 0 Å². The van der Waals surface area contributed by atoms with E-state index in [1.807, 2.05) is 18.2 Å². The molecule has 0 spiro atoms. The number of carbonyl (C=O) groups excluding carboxylic acids is 1. The van der Waals surface area contributed by atoms with E-state index in [-0.39, 0.29) is 5.91 Å². The molecule has 5 heteroatoms. The van der Waals surface area contributed by atoms with Crippen LogP contribution in [0.3, 0.4) is 0 Å². The Balaban J connectivity index is 3.81. The number of nitrogens with two attached hydrogens (primary N) is 1. The third kappa shape index (κ3) is 19.1. The fourth-order valence-corrected chi connectivity index (χ4v) is 2.44. The summed E-state index contributed by atoms with van der Waals surface area (Å²) in [4.78, 5) is 11.5. The topological polar surface area (TPSA) is 95.6 Å². The predicted octanol–water partition coefficient (Wildman–Crippen LogP) is 3.54. The average molecular weight is 393 g/mol. The zero-order valence-corrected chi connectivity index (χ0v) is 17.4. The second-order valence-corrected chi connectivity index (χ2v) is 6.88. The number of aliphatic hydroxyl groups excluding tert-OH is 2. The van der Waals surface area contributed by atoms with Crippen LogP contribution in [0.25, 0.3) is 0 Å². The first-order chi connectivity index (χ1) is 13.6. The molecule has 0 heterocycles. The van der Waals surface area contributed by atoms with Crippen molar-refractivity contribution in [3.8, 4) is 0 Å². The Kier molecular flexibility index (Phi) is 18.8. The molecule has 0 aromatic rings.